The third-order valence-electron chi connectivity index (χ3n) is 4.18. The first-order valence-corrected chi connectivity index (χ1v) is 7.50. The molecule has 110 valence electrons. The molecule has 1 aliphatic rings. The predicted octanol–water partition coefficient (Wildman–Crippen LogP) is 4.93. The summed E-state index contributed by atoms with van der Waals surface area (Å²) < 4.78 is 19.0. The second-order valence-corrected chi connectivity index (χ2v) is 5.70. The van der Waals surface area contributed by atoms with Crippen molar-refractivity contribution in [1.29, 1.82) is 0 Å². The summed E-state index contributed by atoms with van der Waals surface area (Å²) in [6.07, 6.45) is 2.31. The largest absolute Gasteiger partial charge is 0.494 e. The van der Waals surface area contributed by atoms with Crippen LogP contribution >= 0.6 is 0 Å². The first kappa shape index (κ1) is 13.3. The van der Waals surface area contributed by atoms with Crippen molar-refractivity contribution >= 4 is 10.9 Å². The van der Waals surface area contributed by atoms with E-state index in [1.807, 2.05) is 24.3 Å². The predicted molar refractivity (Wildman–Crippen MR) is 85.7 cm³/mol. The zero-order valence-corrected chi connectivity index (χ0v) is 12.3. The molecule has 4 rings (SSSR count). The van der Waals surface area contributed by atoms with E-state index in [0.29, 0.717) is 5.92 Å². The molecule has 0 atom stereocenters. The minimum atomic E-state index is -0.233. The van der Waals surface area contributed by atoms with E-state index in [9.17, 15) is 4.39 Å². The van der Waals surface area contributed by atoms with E-state index in [0.717, 1.165) is 46.3 Å². The van der Waals surface area contributed by atoms with Gasteiger partial charge in [-0.2, -0.15) is 0 Å². The van der Waals surface area contributed by atoms with Gasteiger partial charge < -0.3 is 4.74 Å². The van der Waals surface area contributed by atoms with E-state index in [1.165, 1.54) is 12.1 Å². The highest BCUT2D eigenvalue weighted by atomic mass is 19.1. The second kappa shape index (κ2) is 5.09. The summed E-state index contributed by atoms with van der Waals surface area (Å²) in [7, 11) is 1.69. The van der Waals surface area contributed by atoms with Crippen LogP contribution in [0.2, 0.25) is 0 Å². The first-order chi connectivity index (χ1) is 10.8. The Bertz CT molecular complexity index is 838. The highest BCUT2D eigenvalue weighted by molar-refractivity contribution is 5.98. The summed E-state index contributed by atoms with van der Waals surface area (Å²) in [5.74, 6) is 1.08. The number of hydrogen-bond acceptors (Lipinski definition) is 2. The zero-order valence-electron chi connectivity index (χ0n) is 12.3. The molecule has 0 aliphatic heterocycles. The molecule has 0 spiro atoms. The van der Waals surface area contributed by atoms with Gasteiger partial charge in [-0.1, -0.05) is 30.3 Å². The Kier molecular flexibility index (Phi) is 3.07. The van der Waals surface area contributed by atoms with Crippen molar-refractivity contribution in [3.05, 3.63) is 60.0 Å². The number of hydrogen-bond donors (Lipinski definition) is 0. The lowest BCUT2D eigenvalue weighted by molar-refractivity contribution is 0.409. The summed E-state index contributed by atoms with van der Waals surface area (Å²) in [5.41, 5.74) is 3.96. The molecule has 0 N–H and O–H groups in total. The van der Waals surface area contributed by atoms with Crippen LogP contribution in [-0.2, 0) is 0 Å². The first-order valence-electron chi connectivity index (χ1n) is 7.50. The van der Waals surface area contributed by atoms with Crippen LogP contribution in [0, 0.1) is 5.82 Å². The molecule has 22 heavy (non-hydrogen) atoms. The van der Waals surface area contributed by atoms with Crippen LogP contribution in [0.1, 0.15) is 24.5 Å². The summed E-state index contributed by atoms with van der Waals surface area (Å²) >= 11 is 0. The number of fused-ring (bicyclic) bond motifs is 1. The summed E-state index contributed by atoms with van der Waals surface area (Å²) in [5, 5.41) is 1.04. The fourth-order valence-electron chi connectivity index (χ4n) is 2.96. The van der Waals surface area contributed by atoms with E-state index in [-0.39, 0.29) is 5.82 Å². The molecule has 0 saturated heterocycles. The second-order valence-electron chi connectivity index (χ2n) is 5.70. The van der Waals surface area contributed by atoms with Gasteiger partial charge in [0.15, 0.2) is 0 Å². The summed E-state index contributed by atoms with van der Waals surface area (Å²) in [6, 6.07) is 14.6. The lowest BCUT2D eigenvalue weighted by atomic mass is 9.97. The number of para-hydroxylation sites is 1. The maximum Gasteiger partial charge on any atom is 0.149 e. The van der Waals surface area contributed by atoms with Crippen molar-refractivity contribution in [3.63, 3.8) is 0 Å². The summed E-state index contributed by atoms with van der Waals surface area (Å²) in [4.78, 5) is 4.81. The van der Waals surface area contributed by atoms with Gasteiger partial charge in [0.2, 0.25) is 0 Å². The minimum Gasteiger partial charge on any atom is -0.494 e. The molecule has 1 saturated carbocycles. The summed E-state index contributed by atoms with van der Waals surface area (Å²) in [6.45, 7) is 0. The lowest BCUT2D eigenvalue weighted by Crippen LogP contribution is -1.99. The smallest absolute Gasteiger partial charge is 0.149 e. The fourth-order valence-corrected chi connectivity index (χ4v) is 2.96. The normalized spacial score (nSPS) is 14.3. The number of methoxy groups -OCH3 is 1. The van der Waals surface area contributed by atoms with Gasteiger partial charge in [0, 0.05) is 16.9 Å². The fraction of sp³-hybridized carbons (Fsp3) is 0.211. The number of rotatable bonds is 3. The van der Waals surface area contributed by atoms with Crippen molar-refractivity contribution in [3.8, 4) is 16.9 Å². The molecule has 1 fully saturated rings. The van der Waals surface area contributed by atoms with Gasteiger partial charge in [-0.15, -0.1) is 0 Å². The molecule has 0 unspecified atom stereocenters. The number of nitrogens with zero attached hydrogens (tertiary/aromatic N) is 1. The van der Waals surface area contributed by atoms with Crippen molar-refractivity contribution in [2.24, 2.45) is 0 Å². The molecule has 2 nitrogen and oxygen atoms in total. The van der Waals surface area contributed by atoms with Gasteiger partial charge in [-0.25, -0.2) is 9.37 Å². The lowest BCUT2D eigenvalue weighted by Gasteiger charge is -2.16. The van der Waals surface area contributed by atoms with Crippen molar-refractivity contribution in [2.45, 2.75) is 18.8 Å². The topological polar surface area (TPSA) is 22.1 Å². The molecule has 0 radical (unpaired) electrons. The molecule has 1 aromatic heterocycles. The average molecular weight is 293 g/mol. The highest BCUT2D eigenvalue weighted by Gasteiger charge is 2.31. The van der Waals surface area contributed by atoms with E-state index < -0.39 is 0 Å². The third-order valence-corrected chi connectivity index (χ3v) is 4.18. The molecule has 0 bridgehead atoms. The van der Waals surface area contributed by atoms with Crippen LogP contribution in [0.4, 0.5) is 4.39 Å². The van der Waals surface area contributed by atoms with Crippen LogP contribution in [0.25, 0.3) is 22.0 Å². The van der Waals surface area contributed by atoms with E-state index in [1.54, 1.807) is 19.2 Å². The quantitative estimate of drug-likeness (QED) is 0.683. The maximum absolute atomic E-state index is 13.3. The van der Waals surface area contributed by atoms with Crippen LogP contribution in [0.3, 0.4) is 0 Å². The van der Waals surface area contributed by atoms with Gasteiger partial charge in [0.1, 0.15) is 11.6 Å². The van der Waals surface area contributed by atoms with Crippen LogP contribution in [0.15, 0.2) is 48.5 Å². The molecular formula is C19H16FNO. The Morgan fingerprint density at radius 1 is 1.05 bits per heavy atom. The molecular weight excluding hydrogens is 277 g/mol. The number of halogens is 1. The molecule has 0 amide bonds. The van der Waals surface area contributed by atoms with Crippen LogP contribution < -0.4 is 4.74 Å². The number of ether oxygens (including phenoxy) is 1. The third kappa shape index (κ3) is 2.13. The van der Waals surface area contributed by atoms with Gasteiger partial charge in [-0.05, 0) is 36.6 Å². The Morgan fingerprint density at radius 2 is 1.77 bits per heavy atom. The van der Waals surface area contributed by atoms with Crippen molar-refractivity contribution in [1.82, 2.24) is 4.98 Å². The monoisotopic (exact) mass is 293 g/mol. The number of aromatic nitrogens is 1. The zero-order chi connectivity index (χ0) is 15.1. The van der Waals surface area contributed by atoms with Gasteiger partial charge in [-0.3, -0.25) is 0 Å². The van der Waals surface area contributed by atoms with Crippen LogP contribution in [0.5, 0.6) is 5.75 Å². The van der Waals surface area contributed by atoms with E-state index in [4.69, 9.17) is 9.72 Å². The Balaban J connectivity index is 2.06. The number of benzene rings is 2. The average Bonchev–Trinajstić information content (AvgIpc) is 3.39. The standard InChI is InChI=1S/C19H16FNO/c1-22-19-17(12-8-10-14(20)11-9-12)15-4-2-3-5-16(15)21-18(19)13-6-7-13/h2-5,8-11,13H,6-7H2,1H3. The maximum atomic E-state index is 13.3. The van der Waals surface area contributed by atoms with Crippen molar-refractivity contribution in [2.75, 3.05) is 7.11 Å². The molecule has 3 aromatic rings. The van der Waals surface area contributed by atoms with Gasteiger partial charge >= 0.3 is 0 Å². The van der Waals surface area contributed by atoms with E-state index >= 15 is 0 Å². The molecule has 3 heteroatoms. The Hall–Kier alpha value is -2.42. The van der Waals surface area contributed by atoms with Crippen molar-refractivity contribution < 1.29 is 9.13 Å². The SMILES string of the molecule is COc1c(C2CC2)nc2ccccc2c1-c1ccc(F)cc1. The Morgan fingerprint density at radius 3 is 2.45 bits per heavy atom. The number of pyridine rings is 1. The molecule has 1 aliphatic carbocycles. The minimum absolute atomic E-state index is 0.233. The molecule has 1 heterocycles. The van der Waals surface area contributed by atoms with Crippen LogP contribution in [-0.4, -0.2) is 12.1 Å². The van der Waals surface area contributed by atoms with E-state index in [2.05, 4.69) is 0 Å². The molecule has 2 aromatic carbocycles. The van der Waals surface area contributed by atoms with Gasteiger partial charge in [0.25, 0.3) is 0 Å². The highest BCUT2D eigenvalue weighted by Crippen LogP contribution is 2.48. The Labute approximate surface area is 128 Å². The van der Waals surface area contributed by atoms with Gasteiger partial charge in [0.05, 0.1) is 18.3 Å².